The standard InChI is InChI=1S/C11H17IN2O/c1-7(2)9-6-10(14-13-9)11-8(12)4-3-5-15-11/h6-8,11H,3-5H2,1-2H3,(H,13,14)/t8-,11?/m0/s1. The van der Waals surface area contributed by atoms with Crippen molar-refractivity contribution in [2.75, 3.05) is 6.61 Å². The summed E-state index contributed by atoms with van der Waals surface area (Å²) in [4.78, 5) is 0. The highest BCUT2D eigenvalue weighted by Gasteiger charge is 2.27. The highest BCUT2D eigenvalue weighted by atomic mass is 127. The summed E-state index contributed by atoms with van der Waals surface area (Å²) in [5.41, 5.74) is 2.26. The summed E-state index contributed by atoms with van der Waals surface area (Å²) >= 11 is 2.47. The van der Waals surface area contributed by atoms with Gasteiger partial charge in [0.25, 0.3) is 0 Å². The molecule has 1 aliphatic rings. The average Bonchev–Trinajstić information content (AvgIpc) is 2.67. The number of rotatable bonds is 2. The molecule has 0 radical (unpaired) electrons. The van der Waals surface area contributed by atoms with Crippen LogP contribution < -0.4 is 0 Å². The van der Waals surface area contributed by atoms with Crippen molar-refractivity contribution in [1.29, 1.82) is 0 Å². The highest BCUT2D eigenvalue weighted by Crippen LogP contribution is 2.33. The summed E-state index contributed by atoms with van der Waals surface area (Å²) in [5.74, 6) is 0.502. The Labute approximate surface area is 104 Å². The Morgan fingerprint density at radius 3 is 3.00 bits per heavy atom. The molecule has 15 heavy (non-hydrogen) atoms. The van der Waals surface area contributed by atoms with E-state index in [4.69, 9.17) is 4.74 Å². The quantitative estimate of drug-likeness (QED) is 0.671. The SMILES string of the molecule is CC(C)c1cc(C2OCCC[C@@H]2I)n[nH]1. The Kier molecular flexibility index (Phi) is 3.66. The lowest BCUT2D eigenvalue weighted by Crippen LogP contribution is -2.22. The van der Waals surface area contributed by atoms with E-state index >= 15 is 0 Å². The van der Waals surface area contributed by atoms with Gasteiger partial charge in [-0.15, -0.1) is 0 Å². The van der Waals surface area contributed by atoms with Crippen molar-refractivity contribution in [1.82, 2.24) is 10.2 Å². The van der Waals surface area contributed by atoms with Crippen LogP contribution in [0.2, 0.25) is 0 Å². The van der Waals surface area contributed by atoms with Crippen LogP contribution in [-0.4, -0.2) is 20.7 Å². The number of nitrogens with zero attached hydrogens (tertiary/aromatic N) is 1. The molecule has 1 aromatic rings. The topological polar surface area (TPSA) is 37.9 Å². The predicted octanol–water partition coefficient (Wildman–Crippen LogP) is 3.19. The number of hydrogen-bond donors (Lipinski definition) is 1. The molecule has 0 spiro atoms. The summed E-state index contributed by atoms with van der Waals surface area (Å²) < 4.78 is 6.33. The highest BCUT2D eigenvalue weighted by molar-refractivity contribution is 14.1. The number of H-pyrrole nitrogens is 1. The van der Waals surface area contributed by atoms with Crippen molar-refractivity contribution < 1.29 is 4.74 Å². The maximum atomic E-state index is 5.78. The van der Waals surface area contributed by atoms with E-state index in [-0.39, 0.29) is 6.10 Å². The molecule has 2 heterocycles. The van der Waals surface area contributed by atoms with Crippen molar-refractivity contribution in [2.24, 2.45) is 0 Å². The molecule has 1 N–H and O–H groups in total. The zero-order valence-electron chi connectivity index (χ0n) is 9.16. The second-order valence-corrected chi connectivity index (χ2v) is 5.95. The molecule has 0 aromatic carbocycles. The molecule has 1 aliphatic heterocycles. The van der Waals surface area contributed by atoms with E-state index in [9.17, 15) is 0 Å². The minimum absolute atomic E-state index is 0.183. The van der Waals surface area contributed by atoms with Crippen LogP contribution in [0.25, 0.3) is 0 Å². The summed E-state index contributed by atoms with van der Waals surface area (Å²) in [6, 6.07) is 2.15. The number of alkyl halides is 1. The van der Waals surface area contributed by atoms with Gasteiger partial charge in [-0.3, -0.25) is 5.10 Å². The first-order valence-corrected chi connectivity index (χ1v) is 6.74. The lowest BCUT2D eigenvalue weighted by atomic mass is 10.0. The molecule has 1 aromatic heterocycles. The molecule has 0 aliphatic carbocycles. The zero-order valence-corrected chi connectivity index (χ0v) is 11.3. The molecular weight excluding hydrogens is 303 g/mol. The maximum Gasteiger partial charge on any atom is 0.113 e. The van der Waals surface area contributed by atoms with E-state index in [1.807, 2.05) is 0 Å². The molecule has 0 saturated carbocycles. The Hall–Kier alpha value is -0.100. The molecule has 0 amide bonds. The predicted molar refractivity (Wildman–Crippen MR) is 68.4 cm³/mol. The summed E-state index contributed by atoms with van der Waals surface area (Å²) in [6.45, 7) is 5.20. The van der Waals surface area contributed by atoms with Crippen LogP contribution in [0.15, 0.2) is 6.07 Å². The van der Waals surface area contributed by atoms with E-state index in [1.165, 1.54) is 18.5 Å². The summed E-state index contributed by atoms with van der Waals surface area (Å²) in [6.07, 6.45) is 2.59. The fourth-order valence-electron chi connectivity index (χ4n) is 1.81. The summed E-state index contributed by atoms with van der Waals surface area (Å²) in [7, 11) is 0. The molecule has 0 bridgehead atoms. The number of ether oxygens (including phenoxy) is 1. The van der Waals surface area contributed by atoms with Gasteiger partial charge in [0, 0.05) is 16.2 Å². The monoisotopic (exact) mass is 320 g/mol. The van der Waals surface area contributed by atoms with Crippen molar-refractivity contribution in [3.63, 3.8) is 0 Å². The maximum absolute atomic E-state index is 5.78. The van der Waals surface area contributed by atoms with Crippen molar-refractivity contribution in [3.05, 3.63) is 17.5 Å². The van der Waals surface area contributed by atoms with Gasteiger partial charge in [0.15, 0.2) is 0 Å². The second-order valence-electron chi connectivity index (χ2n) is 4.35. The fraction of sp³-hybridized carbons (Fsp3) is 0.727. The minimum atomic E-state index is 0.183. The van der Waals surface area contributed by atoms with Gasteiger partial charge < -0.3 is 4.74 Å². The molecule has 3 nitrogen and oxygen atoms in total. The fourth-order valence-corrected chi connectivity index (χ4v) is 2.83. The van der Waals surface area contributed by atoms with Gasteiger partial charge in [-0.2, -0.15) is 5.10 Å². The average molecular weight is 320 g/mol. The van der Waals surface area contributed by atoms with E-state index in [1.54, 1.807) is 0 Å². The lowest BCUT2D eigenvalue weighted by Gasteiger charge is -2.26. The van der Waals surface area contributed by atoms with Gasteiger partial charge in [0.1, 0.15) is 6.10 Å². The Morgan fingerprint density at radius 1 is 1.60 bits per heavy atom. The van der Waals surface area contributed by atoms with E-state index in [0.717, 1.165) is 12.3 Å². The first-order chi connectivity index (χ1) is 7.18. The van der Waals surface area contributed by atoms with Gasteiger partial charge in [-0.25, -0.2) is 0 Å². The van der Waals surface area contributed by atoms with Gasteiger partial charge in [0.2, 0.25) is 0 Å². The van der Waals surface area contributed by atoms with Gasteiger partial charge in [0.05, 0.1) is 5.69 Å². The summed E-state index contributed by atoms with van der Waals surface area (Å²) in [5, 5.41) is 7.45. The molecule has 1 saturated heterocycles. The van der Waals surface area contributed by atoms with Gasteiger partial charge in [-0.05, 0) is 24.8 Å². The smallest absolute Gasteiger partial charge is 0.113 e. The molecule has 2 atom stereocenters. The van der Waals surface area contributed by atoms with Crippen molar-refractivity contribution in [3.8, 4) is 0 Å². The first kappa shape index (κ1) is 11.4. The van der Waals surface area contributed by atoms with E-state index < -0.39 is 0 Å². The van der Waals surface area contributed by atoms with Gasteiger partial charge >= 0.3 is 0 Å². The number of aromatic amines is 1. The molecular formula is C11H17IN2O. The van der Waals surface area contributed by atoms with Crippen LogP contribution in [0.3, 0.4) is 0 Å². The van der Waals surface area contributed by atoms with Gasteiger partial charge in [-0.1, -0.05) is 36.4 Å². The molecule has 1 unspecified atom stereocenters. The van der Waals surface area contributed by atoms with E-state index in [2.05, 4.69) is 52.7 Å². The molecule has 4 heteroatoms. The number of halogens is 1. The van der Waals surface area contributed by atoms with Crippen LogP contribution in [0, 0.1) is 0 Å². The lowest BCUT2D eigenvalue weighted by molar-refractivity contribution is 0.0213. The third kappa shape index (κ3) is 2.53. The molecule has 84 valence electrons. The zero-order chi connectivity index (χ0) is 10.8. The van der Waals surface area contributed by atoms with Crippen LogP contribution >= 0.6 is 22.6 Å². The minimum Gasteiger partial charge on any atom is -0.371 e. The van der Waals surface area contributed by atoms with Crippen LogP contribution in [0.5, 0.6) is 0 Å². The van der Waals surface area contributed by atoms with Crippen LogP contribution in [-0.2, 0) is 4.74 Å². The third-order valence-corrected chi connectivity index (χ3v) is 4.06. The molecule has 2 rings (SSSR count). The van der Waals surface area contributed by atoms with Crippen molar-refractivity contribution in [2.45, 2.75) is 42.6 Å². The van der Waals surface area contributed by atoms with E-state index in [0.29, 0.717) is 9.84 Å². The normalized spacial score (nSPS) is 27.2. The molecule has 1 fully saturated rings. The number of hydrogen-bond acceptors (Lipinski definition) is 2. The number of aromatic nitrogens is 2. The Balaban J connectivity index is 2.13. The largest absolute Gasteiger partial charge is 0.371 e. The van der Waals surface area contributed by atoms with Crippen LogP contribution in [0.4, 0.5) is 0 Å². The first-order valence-electron chi connectivity index (χ1n) is 5.49. The van der Waals surface area contributed by atoms with Crippen LogP contribution in [0.1, 0.15) is 50.1 Å². The Bertz CT molecular complexity index is 324. The third-order valence-electron chi connectivity index (χ3n) is 2.78. The number of nitrogens with one attached hydrogen (secondary N) is 1. The second kappa shape index (κ2) is 4.82. The van der Waals surface area contributed by atoms with Crippen molar-refractivity contribution >= 4 is 22.6 Å². The Morgan fingerprint density at radius 2 is 2.40 bits per heavy atom.